The molecule has 0 bridgehead atoms. The van der Waals surface area contributed by atoms with Crippen LogP contribution in [-0.4, -0.2) is 4.98 Å². The fourth-order valence-corrected chi connectivity index (χ4v) is 2.39. The number of hydrogen-bond donors (Lipinski definition) is 1. The first-order chi connectivity index (χ1) is 10.3. The molecule has 3 heteroatoms. The van der Waals surface area contributed by atoms with Crippen molar-refractivity contribution >= 4 is 16.6 Å². The molecule has 0 aliphatic carbocycles. The largest absolute Gasteiger partial charge is 0.487 e. The molecule has 0 saturated carbocycles. The summed E-state index contributed by atoms with van der Waals surface area (Å²) in [6.07, 6.45) is 2.77. The van der Waals surface area contributed by atoms with Crippen molar-refractivity contribution in [1.82, 2.24) is 4.98 Å². The van der Waals surface area contributed by atoms with E-state index in [-0.39, 0.29) is 0 Å². The molecule has 2 aromatic carbocycles. The van der Waals surface area contributed by atoms with Crippen LogP contribution in [0.1, 0.15) is 18.1 Å². The van der Waals surface area contributed by atoms with Gasteiger partial charge in [-0.3, -0.25) is 4.98 Å². The fraction of sp³-hybridized carbons (Fsp3) is 0.167. The van der Waals surface area contributed by atoms with Crippen LogP contribution in [0.2, 0.25) is 0 Å². The topological polar surface area (TPSA) is 48.1 Å². The van der Waals surface area contributed by atoms with E-state index in [0.717, 1.165) is 28.6 Å². The zero-order valence-corrected chi connectivity index (χ0v) is 12.0. The third-order valence-corrected chi connectivity index (χ3v) is 3.58. The molecule has 0 atom stereocenters. The van der Waals surface area contributed by atoms with Gasteiger partial charge in [0.05, 0.1) is 11.2 Å². The summed E-state index contributed by atoms with van der Waals surface area (Å²) >= 11 is 0. The van der Waals surface area contributed by atoms with Gasteiger partial charge in [0.15, 0.2) is 0 Å². The maximum atomic E-state index is 6.03. The van der Waals surface area contributed by atoms with Gasteiger partial charge >= 0.3 is 0 Å². The lowest BCUT2D eigenvalue weighted by Crippen LogP contribution is -2.00. The molecule has 1 heterocycles. The van der Waals surface area contributed by atoms with Crippen molar-refractivity contribution < 1.29 is 4.74 Å². The lowest BCUT2D eigenvalue weighted by atomic mass is 10.1. The van der Waals surface area contributed by atoms with Crippen molar-refractivity contribution in [3.05, 3.63) is 65.9 Å². The van der Waals surface area contributed by atoms with Crippen LogP contribution >= 0.6 is 0 Å². The Bertz CT molecular complexity index is 763. The number of aromatic nitrogens is 1. The average Bonchev–Trinajstić information content (AvgIpc) is 2.53. The predicted molar refractivity (Wildman–Crippen MR) is 86.3 cm³/mol. The molecule has 0 radical (unpaired) electrons. The Morgan fingerprint density at radius 2 is 1.95 bits per heavy atom. The lowest BCUT2D eigenvalue weighted by Gasteiger charge is -2.11. The van der Waals surface area contributed by atoms with Gasteiger partial charge in [-0.25, -0.2) is 0 Å². The smallest absolute Gasteiger partial charge is 0.142 e. The van der Waals surface area contributed by atoms with Crippen molar-refractivity contribution in [2.24, 2.45) is 0 Å². The number of benzene rings is 2. The molecule has 0 aliphatic rings. The van der Waals surface area contributed by atoms with E-state index < -0.39 is 0 Å². The molecule has 0 fully saturated rings. The minimum atomic E-state index is 0.462. The van der Waals surface area contributed by atoms with Gasteiger partial charge in [-0.05, 0) is 30.2 Å². The van der Waals surface area contributed by atoms with Crippen LogP contribution in [0.4, 0.5) is 5.69 Å². The molecule has 2 N–H and O–H groups in total. The Kier molecular flexibility index (Phi) is 3.73. The SMILES string of the molecule is CCc1ccc(OCc2cccc3cccnc23)c(N)c1. The van der Waals surface area contributed by atoms with Crippen molar-refractivity contribution in [2.75, 3.05) is 5.73 Å². The highest BCUT2D eigenvalue weighted by Crippen LogP contribution is 2.25. The molecule has 1 aromatic heterocycles. The molecular weight excluding hydrogens is 260 g/mol. The van der Waals surface area contributed by atoms with Crippen molar-refractivity contribution in [1.29, 1.82) is 0 Å². The molecule has 3 aromatic rings. The van der Waals surface area contributed by atoms with E-state index in [1.807, 2.05) is 36.4 Å². The normalized spacial score (nSPS) is 10.7. The maximum Gasteiger partial charge on any atom is 0.142 e. The van der Waals surface area contributed by atoms with Crippen LogP contribution in [0, 0.1) is 0 Å². The molecular formula is C18H18N2O. The van der Waals surface area contributed by atoms with E-state index in [9.17, 15) is 0 Å². The summed E-state index contributed by atoms with van der Waals surface area (Å²) in [6.45, 7) is 2.57. The fourth-order valence-electron chi connectivity index (χ4n) is 2.39. The van der Waals surface area contributed by atoms with E-state index >= 15 is 0 Å². The second-order valence-corrected chi connectivity index (χ2v) is 5.01. The molecule has 0 aliphatic heterocycles. The molecule has 0 saturated heterocycles. The Morgan fingerprint density at radius 3 is 2.76 bits per heavy atom. The maximum absolute atomic E-state index is 6.03. The summed E-state index contributed by atoms with van der Waals surface area (Å²) in [5, 5.41) is 1.12. The van der Waals surface area contributed by atoms with E-state index in [1.165, 1.54) is 5.56 Å². The summed E-state index contributed by atoms with van der Waals surface area (Å²) in [7, 11) is 0. The van der Waals surface area contributed by atoms with Crippen LogP contribution < -0.4 is 10.5 Å². The van der Waals surface area contributed by atoms with E-state index in [4.69, 9.17) is 10.5 Å². The van der Waals surface area contributed by atoms with Crippen LogP contribution in [0.5, 0.6) is 5.75 Å². The summed E-state index contributed by atoms with van der Waals surface area (Å²) in [5.74, 6) is 0.722. The molecule has 0 amide bonds. The Balaban J connectivity index is 1.84. The van der Waals surface area contributed by atoms with Gasteiger partial charge in [-0.15, -0.1) is 0 Å². The Morgan fingerprint density at radius 1 is 1.10 bits per heavy atom. The summed E-state index contributed by atoms with van der Waals surface area (Å²) in [5.41, 5.74) is 9.97. The van der Waals surface area contributed by atoms with E-state index in [1.54, 1.807) is 6.20 Å². The number of pyridine rings is 1. The van der Waals surface area contributed by atoms with Gasteiger partial charge in [0.2, 0.25) is 0 Å². The number of hydrogen-bond acceptors (Lipinski definition) is 3. The molecule has 3 nitrogen and oxygen atoms in total. The third-order valence-electron chi connectivity index (χ3n) is 3.58. The standard InChI is InChI=1S/C18H18N2O/c1-2-13-8-9-17(16(19)11-13)21-12-15-6-3-5-14-7-4-10-20-18(14)15/h3-11H,2,12,19H2,1H3. The van der Waals surface area contributed by atoms with Gasteiger partial charge in [0.1, 0.15) is 12.4 Å². The number of aryl methyl sites for hydroxylation is 1. The zero-order valence-electron chi connectivity index (χ0n) is 12.0. The quantitative estimate of drug-likeness (QED) is 0.735. The number of nitrogen functional groups attached to an aromatic ring is 1. The number of nitrogens with zero attached hydrogens (tertiary/aromatic N) is 1. The van der Waals surface area contributed by atoms with Crippen LogP contribution in [0.25, 0.3) is 10.9 Å². The summed E-state index contributed by atoms with van der Waals surface area (Å²) in [6, 6.07) is 16.1. The van der Waals surface area contributed by atoms with Gasteiger partial charge < -0.3 is 10.5 Å². The zero-order chi connectivity index (χ0) is 14.7. The lowest BCUT2D eigenvalue weighted by molar-refractivity contribution is 0.309. The highest BCUT2D eigenvalue weighted by atomic mass is 16.5. The monoisotopic (exact) mass is 278 g/mol. The number of rotatable bonds is 4. The van der Waals surface area contributed by atoms with Crippen molar-refractivity contribution in [3.63, 3.8) is 0 Å². The first-order valence-corrected chi connectivity index (χ1v) is 7.11. The number of ether oxygens (including phenoxy) is 1. The number of para-hydroxylation sites is 1. The van der Waals surface area contributed by atoms with Gasteiger partial charge in [0.25, 0.3) is 0 Å². The second kappa shape index (κ2) is 5.83. The Labute approximate surface area is 124 Å². The van der Waals surface area contributed by atoms with Crippen LogP contribution in [0.3, 0.4) is 0 Å². The Hall–Kier alpha value is -2.55. The van der Waals surface area contributed by atoms with E-state index in [0.29, 0.717) is 12.3 Å². The molecule has 106 valence electrons. The molecule has 0 spiro atoms. The highest BCUT2D eigenvalue weighted by Gasteiger charge is 2.05. The van der Waals surface area contributed by atoms with Crippen LogP contribution in [0.15, 0.2) is 54.7 Å². The number of nitrogens with two attached hydrogens (primary N) is 1. The minimum absolute atomic E-state index is 0.462. The number of fused-ring (bicyclic) bond motifs is 1. The molecule has 21 heavy (non-hydrogen) atoms. The summed E-state index contributed by atoms with van der Waals surface area (Å²) in [4.78, 5) is 4.43. The highest BCUT2D eigenvalue weighted by molar-refractivity contribution is 5.81. The first-order valence-electron chi connectivity index (χ1n) is 7.11. The number of anilines is 1. The van der Waals surface area contributed by atoms with E-state index in [2.05, 4.69) is 24.0 Å². The van der Waals surface area contributed by atoms with Gasteiger partial charge in [0, 0.05) is 17.1 Å². The molecule has 0 unspecified atom stereocenters. The summed E-state index contributed by atoms with van der Waals surface area (Å²) < 4.78 is 5.87. The van der Waals surface area contributed by atoms with Gasteiger partial charge in [-0.1, -0.05) is 37.3 Å². The first kappa shape index (κ1) is 13.4. The minimum Gasteiger partial charge on any atom is -0.487 e. The van der Waals surface area contributed by atoms with Crippen molar-refractivity contribution in [2.45, 2.75) is 20.0 Å². The van der Waals surface area contributed by atoms with Crippen LogP contribution in [-0.2, 0) is 13.0 Å². The predicted octanol–water partition coefficient (Wildman–Crippen LogP) is 3.96. The second-order valence-electron chi connectivity index (χ2n) is 5.01. The molecule has 3 rings (SSSR count). The van der Waals surface area contributed by atoms with Gasteiger partial charge in [-0.2, -0.15) is 0 Å². The average molecular weight is 278 g/mol. The third kappa shape index (κ3) is 2.82. The van der Waals surface area contributed by atoms with Crippen molar-refractivity contribution in [3.8, 4) is 5.75 Å².